The molecule has 0 aromatic rings. The molecule has 0 spiro atoms. The molecule has 89 valence electrons. The fraction of sp³-hybridized carbons (Fsp3) is 0.615. The van der Waals surface area contributed by atoms with Crippen molar-refractivity contribution in [2.24, 2.45) is 0 Å². The molecule has 0 bridgehead atoms. The first-order valence-electron chi connectivity index (χ1n) is 5.94. The van der Waals surface area contributed by atoms with Crippen LogP contribution in [0.2, 0.25) is 0 Å². The topological polar surface area (TPSA) is 6.48 Å². The highest BCUT2D eigenvalue weighted by atomic mass is 35.5. The minimum atomic E-state index is 0.705. The van der Waals surface area contributed by atoms with Gasteiger partial charge in [0.05, 0.1) is 0 Å². The zero-order chi connectivity index (χ0) is 11.5. The molecule has 1 aliphatic heterocycles. The van der Waals surface area contributed by atoms with Crippen molar-refractivity contribution in [3.63, 3.8) is 0 Å². The van der Waals surface area contributed by atoms with Gasteiger partial charge in [-0.1, -0.05) is 23.8 Å². The number of rotatable bonds is 3. The van der Waals surface area contributed by atoms with Gasteiger partial charge in [0.2, 0.25) is 0 Å². The summed E-state index contributed by atoms with van der Waals surface area (Å²) in [5, 5.41) is 0.941. The SMILES string of the molecule is CN(C)C1CCN(CC2=C[CH]CC=C2Cl)C1. The van der Waals surface area contributed by atoms with Crippen LogP contribution >= 0.6 is 11.6 Å². The molecule has 1 heterocycles. The zero-order valence-electron chi connectivity index (χ0n) is 10.1. The molecule has 1 atom stereocenters. The van der Waals surface area contributed by atoms with Crippen LogP contribution in [0.4, 0.5) is 0 Å². The van der Waals surface area contributed by atoms with E-state index in [4.69, 9.17) is 11.6 Å². The smallest absolute Gasteiger partial charge is 0.0408 e. The van der Waals surface area contributed by atoms with E-state index in [1.165, 1.54) is 18.5 Å². The normalized spacial score (nSPS) is 27.1. The van der Waals surface area contributed by atoms with Crippen molar-refractivity contribution in [1.29, 1.82) is 0 Å². The van der Waals surface area contributed by atoms with Gasteiger partial charge in [0.15, 0.2) is 0 Å². The van der Waals surface area contributed by atoms with Gasteiger partial charge in [-0.3, -0.25) is 4.90 Å². The lowest BCUT2D eigenvalue weighted by molar-refractivity contribution is 0.278. The standard InChI is InChI=1S/C13H20ClN2/c1-15(2)12-7-8-16(10-12)9-11-5-3-4-6-13(11)14/h3,5-6,12H,4,7-10H2,1-2H3. The van der Waals surface area contributed by atoms with Crippen molar-refractivity contribution in [3.8, 4) is 0 Å². The van der Waals surface area contributed by atoms with Crippen molar-refractivity contribution in [1.82, 2.24) is 9.80 Å². The first-order chi connectivity index (χ1) is 7.66. The van der Waals surface area contributed by atoms with Crippen LogP contribution in [0.3, 0.4) is 0 Å². The molecular weight excluding hydrogens is 220 g/mol. The van der Waals surface area contributed by atoms with Crippen LogP contribution in [0.5, 0.6) is 0 Å². The minimum absolute atomic E-state index is 0.705. The van der Waals surface area contributed by atoms with Gasteiger partial charge in [0.1, 0.15) is 0 Å². The lowest BCUT2D eigenvalue weighted by atomic mass is 10.1. The maximum absolute atomic E-state index is 6.20. The highest BCUT2D eigenvalue weighted by Crippen LogP contribution is 2.24. The lowest BCUT2D eigenvalue weighted by Gasteiger charge is -2.22. The Kier molecular flexibility index (Phi) is 4.06. The molecule has 3 heteroatoms. The number of nitrogens with zero attached hydrogens (tertiary/aromatic N) is 2. The van der Waals surface area contributed by atoms with Crippen LogP contribution in [0.1, 0.15) is 12.8 Å². The first-order valence-corrected chi connectivity index (χ1v) is 6.32. The van der Waals surface area contributed by atoms with Gasteiger partial charge in [-0.25, -0.2) is 0 Å². The quantitative estimate of drug-likeness (QED) is 0.746. The molecular formula is C13H20ClN2. The molecule has 16 heavy (non-hydrogen) atoms. The molecule has 0 N–H and O–H groups in total. The Morgan fingerprint density at radius 1 is 1.50 bits per heavy atom. The summed E-state index contributed by atoms with van der Waals surface area (Å²) in [5.41, 5.74) is 1.27. The van der Waals surface area contributed by atoms with Crippen LogP contribution in [0.15, 0.2) is 22.8 Å². The Balaban J connectivity index is 1.87. The predicted octanol–water partition coefficient (Wildman–Crippen LogP) is 2.28. The molecule has 0 aromatic carbocycles. The number of likely N-dealkylation sites (tertiary alicyclic amines) is 1. The van der Waals surface area contributed by atoms with E-state index in [9.17, 15) is 0 Å². The average Bonchev–Trinajstić information content (AvgIpc) is 2.70. The third-order valence-corrected chi connectivity index (χ3v) is 3.83. The summed E-state index contributed by atoms with van der Waals surface area (Å²) >= 11 is 6.20. The molecule has 1 saturated heterocycles. The molecule has 0 amide bonds. The Bertz CT molecular complexity index is 307. The Morgan fingerprint density at radius 3 is 2.94 bits per heavy atom. The second-order valence-corrected chi connectivity index (χ2v) is 5.26. The van der Waals surface area contributed by atoms with Crippen molar-refractivity contribution in [3.05, 3.63) is 29.2 Å². The van der Waals surface area contributed by atoms with Gasteiger partial charge >= 0.3 is 0 Å². The number of hydrogen-bond donors (Lipinski definition) is 0. The number of likely N-dealkylation sites (N-methyl/N-ethyl adjacent to an activating group) is 1. The van der Waals surface area contributed by atoms with Crippen molar-refractivity contribution in [2.75, 3.05) is 33.7 Å². The van der Waals surface area contributed by atoms with Crippen LogP contribution < -0.4 is 0 Å². The largest absolute Gasteiger partial charge is 0.305 e. The summed E-state index contributed by atoms with van der Waals surface area (Å²) in [4.78, 5) is 4.81. The molecule has 2 rings (SSSR count). The van der Waals surface area contributed by atoms with E-state index in [1.54, 1.807) is 0 Å². The highest BCUT2D eigenvalue weighted by Gasteiger charge is 2.24. The molecule has 2 aliphatic rings. The second kappa shape index (κ2) is 5.35. The summed E-state index contributed by atoms with van der Waals surface area (Å²) in [7, 11) is 4.32. The third-order valence-electron chi connectivity index (χ3n) is 3.43. The highest BCUT2D eigenvalue weighted by molar-refractivity contribution is 6.32. The average molecular weight is 240 g/mol. The van der Waals surface area contributed by atoms with Gasteiger partial charge < -0.3 is 4.90 Å². The fourth-order valence-corrected chi connectivity index (χ4v) is 2.55. The van der Waals surface area contributed by atoms with Gasteiger partial charge in [-0.2, -0.15) is 0 Å². The summed E-state index contributed by atoms with van der Waals surface area (Å²) in [6, 6.07) is 0.705. The molecule has 1 unspecified atom stereocenters. The van der Waals surface area contributed by atoms with E-state index in [0.717, 1.165) is 24.5 Å². The van der Waals surface area contributed by atoms with Crippen LogP contribution in [-0.4, -0.2) is 49.6 Å². The summed E-state index contributed by atoms with van der Waals surface area (Å²) < 4.78 is 0. The zero-order valence-corrected chi connectivity index (χ0v) is 10.9. The van der Waals surface area contributed by atoms with E-state index in [-0.39, 0.29) is 0 Å². The number of hydrogen-bond acceptors (Lipinski definition) is 2. The van der Waals surface area contributed by atoms with Gasteiger partial charge in [0.25, 0.3) is 0 Å². The number of halogens is 1. The maximum Gasteiger partial charge on any atom is 0.0408 e. The Morgan fingerprint density at radius 2 is 2.31 bits per heavy atom. The fourth-order valence-electron chi connectivity index (χ4n) is 2.34. The van der Waals surface area contributed by atoms with Gasteiger partial charge in [0, 0.05) is 30.7 Å². The van der Waals surface area contributed by atoms with Crippen LogP contribution in [-0.2, 0) is 0 Å². The Hall–Kier alpha value is -0.310. The van der Waals surface area contributed by atoms with E-state index >= 15 is 0 Å². The predicted molar refractivity (Wildman–Crippen MR) is 69.5 cm³/mol. The lowest BCUT2D eigenvalue weighted by Crippen LogP contribution is -2.32. The molecule has 1 radical (unpaired) electrons. The molecule has 1 aliphatic carbocycles. The minimum Gasteiger partial charge on any atom is -0.305 e. The van der Waals surface area contributed by atoms with Crippen LogP contribution in [0, 0.1) is 6.42 Å². The van der Waals surface area contributed by atoms with Crippen molar-refractivity contribution < 1.29 is 0 Å². The molecule has 0 saturated carbocycles. The Labute approximate surface area is 104 Å². The van der Waals surface area contributed by atoms with E-state index in [1.807, 2.05) is 0 Å². The van der Waals surface area contributed by atoms with Crippen molar-refractivity contribution in [2.45, 2.75) is 18.9 Å². The summed E-state index contributed by atoms with van der Waals surface area (Å²) in [5.74, 6) is 0. The maximum atomic E-state index is 6.20. The summed E-state index contributed by atoms with van der Waals surface area (Å²) in [6.45, 7) is 3.34. The van der Waals surface area contributed by atoms with Gasteiger partial charge in [-0.05, 0) is 38.9 Å². The molecule has 2 nitrogen and oxygen atoms in total. The summed E-state index contributed by atoms with van der Waals surface area (Å²) in [6.07, 6.45) is 8.69. The monoisotopic (exact) mass is 239 g/mol. The second-order valence-electron chi connectivity index (χ2n) is 4.86. The van der Waals surface area contributed by atoms with E-state index < -0.39 is 0 Å². The number of allylic oxidation sites excluding steroid dienone is 2. The van der Waals surface area contributed by atoms with Crippen LogP contribution in [0.25, 0.3) is 0 Å². The van der Waals surface area contributed by atoms with E-state index in [0.29, 0.717) is 6.04 Å². The molecule has 1 fully saturated rings. The van der Waals surface area contributed by atoms with E-state index in [2.05, 4.69) is 42.5 Å². The first kappa shape index (κ1) is 12.2. The van der Waals surface area contributed by atoms with Gasteiger partial charge in [-0.15, -0.1) is 0 Å². The third kappa shape index (κ3) is 2.88. The molecule has 0 aromatic heterocycles. The van der Waals surface area contributed by atoms with Crippen molar-refractivity contribution >= 4 is 11.6 Å².